The van der Waals surface area contributed by atoms with Crippen LogP contribution < -0.4 is 15.5 Å². The highest BCUT2D eigenvalue weighted by Gasteiger charge is 2.26. The Morgan fingerprint density at radius 3 is 2.44 bits per heavy atom. The summed E-state index contributed by atoms with van der Waals surface area (Å²) < 4.78 is 15.3. The van der Waals surface area contributed by atoms with E-state index in [9.17, 15) is 14.4 Å². The number of benzene rings is 1. The van der Waals surface area contributed by atoms with Gasteiger partial charge in [-0.25, -0.2) is 4.79 Å². The van der Waals surface area contributed by atoms with Crippen molar-refractivity contribution in [1.29, 1.82) is 0 Å². The van der Waals surface area contributed by atoms with Crippen molar-refractivity contribution in [3.63, 3.8) is 0 Å². The predicted molar refractivity (Wildman–Crippen MR) is 98.9 cm³/mol. The lowest BCUT2D eigenvalue weighted by molar-refractivity contribution is -0.144. The number of hydrogen-bond acceptors (Lipinski definition) is 6. The molecule has 144 valence electrons. The highest BCUT2D eigenvalue weighted by atomic mass is 35.5. The fourth-order valence-electron chi connectivity index (χ4n) is 2.20. The zero-order chi connectivity index (χ0) is 20.0. The summed E-state index contributed by atoms with van der Waals surface area (Å²) in [6.45, 7) is 3.66. The van der Waals surface area contributed by atoms with Gasteiger partial charge in [0.15, 0.2) is 5.76 Å². The van der Waals surface area contributed by atoms with Gasteiger partial charge in [0, 0.05) is 11.1 Å². The number of carbonyl (C=O) groups is 2. The van der Waals surface area contributed by atoms with Crippen LogP contribution in [0.2, 0.25) is 5.02 Å². The Labute approximate surface area is 161 Å². The van der Waals surface area contributed by atoms with Crippen molar-refractivity contribution in [3.8, 4) is 5.75 Å². The summed E-state index contributed by atoms with van der Waals surface area (Å²) in [5, 5.41) is 3.09. The molecule has 7 nitrogen and oxygen atoms in total. The maximum atomic E-state index is 12.2. The van der Waals surface area contributed by atoms with Gasteiger partial charge < -0.3 is 19.2 Å². The molecule has 0 spiro atoms. The Kier molecular flexibility index (Phi) is 7.01. The second kappa shape index (κ2) is 9.23. The third-order valence-corrected chi connectivity index (χ3v) is 3.99. The molecule has 0 saturated carbocycles. The summed E-state index contributed by atoms with van der Waals surface area (Å²) in [6.07, 6.45) is 1.07. The van der Waals surface area contributed by atoms with Gasteiger partial charge in [-0.1, -0.05) is 37.6 Å². The van der Waals surface area contributed by atoms with Crippen molar-refractivity contribution in [3.05, 3.63) is 63.2 Å². The van der Waals surface area contributed by atoms with E-state index in [4.69, 9.17) is 20.8 Å². The second-order valence-electron chi connectivity index (χ2n) is 6.11. The van der Waals surface area contributed by atoms with Gasteiger partial charge in [0.25, 0.3) is 5.91 Å². The zero-order valence-electron chi connectivity index (χ0n) is 15.2. The van der Waals surface area contributed by atoms with Crippen LogP contribution >= 0.6 is 11.6 Å². The summed E-state index contributed by atoms with van der Waals surface area (Å²) in [5.74, 6) is -1.73. The van der Waals surface area contributed by atoms with Crippen LogP contribution in [0.3, 0.4) is 0 Å². The minimum atomic E-state index is -0.853. The number of nitrogens with one attached hydrogen (secondary N) is 1. The lowest BCUT2D eigenvalue weighted by Gasteiger charge is -2.19. The molecular weight excluding hydrogens is 374 g/mol. The lowest BCUT2D eigenvalue weighted by Crippen LogP contribution is -2.45. The smallest absolute Gasteiger partial charge is 0.328 e. The van der Waals surface area contributed by atoms with Gasteiger partial charge in [0.1, 0.15) is 18.9 Å². The number of carbonyl (C=O) groups excluding carboxylic acids is 2. The molecule has 1 atom stereocenters. The lowest BCUT2D eigenvalue weighted by atomic mass is 10.0. The molecule has 1 amide bonds. The van der Waals surface area contributed by atoms with E-state index in [1.54, 1.807) is 38.1 Å². The Hall–Kier alpha value is -2.80. The summed E-state index contributed by atoms with van der Waals surface area (Å²) in [4.78, 5) is 36.1. The SMILES string of the molecule is COC(=O)[C@H](NC(=O)c1cc(=O)c(OCc2ccc(Cl)cc2)co1)C(C)C. The van der Waals surface area contributed by atoms with Crippen molar-refractivity contribution >= 4 is 23.5 Å². The van der Waals surface area contributed by atoms with Gasteiger partial charge in [-0.15, -0.1) is 0 Å². The molecule has 1 heterocycles. The van der Waals surface area contributed by atoms with Crippen LogP contribution in [-0.2, 0) is 16.1 Å². The van der Waals surface area contributed by atoms with Gasteiger partial charge in [0.05, 0.1) is 7.11 Å². The molecule has 0 saturated heterocycles. The molecule has 27 heavy (non-hydrogen) atoms. The Morgan fingerprint density at radius 2 is 1.89 bits per heavy atom. The number of methoxy groups -OCH3 is 1. The molecule has 1 N–H and O–H groups in total. The standard InChI is InChI=1S/C19H20ClNO6/c1-11(2)17(19(24)25-3)21-18(23)15-8-14(22)16(10-27-15)26-9-12-4-6-13(20)7-5-12/h4-8,10-11,17H,9H2,1-3H3,(H,21,23)/t17-/m1/s1. The van der Waals surface area contributed by atoms with E-state index in [1.807, 2.05) is 0 Å². The van der Waals surface area contributed by atoms with Crippen LogP contribution in [0.15, 0.2) is 45.8 Å². The van der Waals surface area contributed by atoms with Crippen molar-refractivity contribution in [1.82, 2.24) is 5.32 Å². The van der Waals surface area contributed by atoms with Gasteiger partial charge in [-0.05, 0) is 23.6 Å². The molecule has 0 unspecified atom stereocenters. The molecule has 2 rings (SSSR count). The number of rotatable bonds is 7. The molecule has 0 bridgehead atoms. The maximum Gasteiger partial charge on any atom is 0.328 e. The molecule has 0 aliphatic carbocycles. The van der Waals surface area contributed by atoms with Crippen molar-refractivity contribution in [2.75, 3.05) is 7.11 Å². The molecule has 1 aromatic heterocycles. The number of hydrogen-bond donors (Lipinski definition) is 1. The summed E-state index contributed by atoms with van der Waals surface area (Å²) in [7, 11) is 1.23. The molecule has 8 heteroatoms. The second-order valence-corrected chi connectivity index (χ2v) is 6.54. The molecule has 2 aromatic rings. The average molecular weight is 394 g/mol. The first-order valence-electron chi connectivity index (χ1n) is 8.20. The van der Waals surface area contributed by atoms with Crippen molar-refractivity contribution < 1.29 is 23.5 Å². The highest BCUT2D eigenvalue weighted by Crippen LogP contribution is 2.13. The van der Waals surface area contributed by atoms with E-state index in [-0.39, 0.29) is 24.0 Å². The van der Waals surface area contributed by atoms with E-state index in [0.717, 1.165) is 17.9 Å². The maximum absolute atomic E-state index is 12.2. The first-order chi connectivity index (χ1) is 12.8. The van der Waals surface area contributed by atoms with Crippen LogP contribution in [0.5, 0.6) is 5.75 Å². The third-order valence-electron chi connectivity index (χ3n) is 3.74. The first-order valence-corrected chi connectivity index (χ1v) is 8.58. The minimum absolute atomic E-state index is 0.0325. The van der Waals surface area contributed by atoms with Crippen LogP contribution in [0.4, 0.5) is 0 Å². The van der Waals surface area contributed by atoms with Crippen molar-refractivity contribution in [2.24, 2.45) is 5.92 Å². The third kappa shape index (κ3) is 5.59. The van der Waals surface area contributed by atoms with E-state index in [0.29, 0.717) is 5.02 Å². The predicted octanol–water partition coefficient (Wildman–Crippen LogP) is 2.80. The zero-order valence-corrected chi connectivity index (χ0v) is 15.9. The largest absolute Gasteiger partial charge is 0.482 e. The van der Waals surface area contributed by atoms with Crippen LogP contribution in [-0.4, -0.2) is 25.0 Å². The average Bonchev–Trinajstić information content (AvgIpc) is 2.65. The molecule has 0 aliphatic heterocycles. The highest BCUT2D eigenvalue weighted by molar-refractivity contribution is 6.30. The number of halogens is 1. The summed E-state index contributed by atoms with van der Waals surface area (Å²) in [5.41, 5.74) is 0.304. The number of ether oxygens (including phenoxy) is 2. The number of esters is 1. The van der Waals surface area contributed by atoms with E-state index in [1.165, 1.54) is 7.11 Å². The fraction of sp³-hybridized carbons (Fsp3) is 0.316. The molecule has 0 radical (unpaired) electrons. The van der Waals surface area contributed by atoms with E-state index in [2.05, 4.69) is 10.1 Å². The van der Waals surface area contributed by atoms with Crippen LogP contribution in [0.1, 0.15) is 30.0 Å². The van der Waals surface area contributed by atoms with E-state index < -0.39 is 23.3 Å². The topological polar surface area (TPSA) is 94.8 Å². The summed E-state index contributed by atoms with van der Waals surface area (Å²) >= 11 is 5.81. The van der Waals surface area contributed by atoms with Crippen LogP contribution in [0.25, 0.3) is 0 Å². The minimum Gasteiger partial charge on any atom is -0.482 e. The van der Waals surface area contributed by atoms with Gasteiger partial charge in [0.2, 0.25) is 11.2 Å². The van der Waals surface area contributed by atoms with E-state index >= 15 is 0 Å². The first kappa shape index (κ1) is 20.5. The van der Waals surface area contributed by atoms with Gasteiger partial charge >= 0.3 is 5.97 Å². The Balaban J connectivity index is 2.06. The van der Waals surface area contributed by atoms with Crippen molar-refractivity contribution in [2.45, 2.75) is 26.5 Å². The molecule has 1 aromatic carbocycles. The molecular formula is C19H20ClNO6. The quantitative estimate of drug-likeness (QED) is 0.727. The normalized spacial score (nSPS) is 11.7. The Bertz CT molecular complexity index is 859. The van der Waals surface area contributed by atoms with Gasteiger partial charge in [-0.2, -0.15) is 0 Å². The van der Waals surface area contributed by atoms with Gasteiger partial charge in [-0.3, -0.25) is 9.59 Å². The molecule has 0 fully saturated rings. The van der Waals surface area contributed by atoms with Crippen LogP contribution in [0, 0.1) is 5.92 Å². The molecule has 0 aliphatic rings. The number of amides is 1. The monoisotopic (exact) mass is 393 g/mol. The summed E-state index contributed by atoms with van der Waals surface area (Å²) in [6, 6.07) is 7.12. The fourth-order valence-corrected chi connectivity index (χ4v) is 2.33. The Morgan fingerprint density at radius 1 is 1.22 bits per heavy atom.